The van der Waals surface area contributed by atoms with Crippen LogP contribution in [0.4, 0.5) is 18.9 Å². The lowest BCUT2D eigenvalue weighted by Gasteiger charge is -2.43. The van der Waals surface area contributed by atoms with E-state index in [-0.39, 0.29) is 31.0 Å². The van der Waals surface area contributed by atoms with E-state index in [1.54, 1.807) is 42.3 Å². The molecule has 0 unspecified atom stereocenters. The van der Waals surface area contributed by atoms with E-state index in [1.807, 2.05) is 12.1 Å². The summed E-state index contributed by atoms with van der Waals surface area (Å²) in [6, 6.07) is 12.3. The molecule has 5 nitrogen and oxygen atoms in total. The van der Waals surface area contributed by atoms with Gasteiger partial charge < -0.3 is 14.5 Å². The molecule has 2 aliphatic rings. The van der Waals surface area contributed by atoms with Crippen molar-refractivity contribution in [3.63, 3.8) is 0 Å². The molecule has 10 heteroatoms. The summed E-state index contributed by atoms with van der Waals surface area (Å²) in [5.74, 6) is -0.514. The third kappa shape index (κ3) is 6.42. The number of anilines is 1. The Morgan fingerprint density at radius 3 is 2.37 bits per heavy atom. The van der Waals surface area contributed by atoms with Crippen molar-refractivity contribution in [3.8, 4) is 0 Å². The second-order valence-electron chi connectivity index (χ2n) is 9.05. The molecule has 0 aromatic heterocycles. The number of carbonyl (C=O) groups is 1. The first-order valence-corrected chi connectivity index (χ1v) is 12.3. The predicted octanol–water partition coefficient (Wildman–Crippen LogP) is 5.32. The van der Waals surface area contributed by atoms with Crippen LogP contribution >= 0.6 is 23.2 Å². The molecule has 35 heavy (non-hydrogen) atoms. The number of morpholine rings is 1. The number of amides is 1. The van der Waals surface area contributed by atoms with E-state index in [2.05, 4.69) is 4.90 Å². The molecule has 2 fully saturated rings. The molecule has 0 aliphatic carbocycles. The zero-order chi connectivity index (χ0) is 25.2. The van der Waals surface area contributed by atoms with Gasteiger partial charge in [0.25, 0.3) is 5.91 Å². The van der Waals surface area contributed by atoms with Crippen molar-refractivity contribution in [1.82, 2.24) is 9.80 Å². The number of rotatable bonds is 5. The summed E-state index contributed by atoms with van der Waals surface area (Å²) in [6.45, 7) is 2.37. The van der Waals surface area contributed by atoms with Crippen molar-refractivity contribution in [2.24, 2.45) is 0 Å². The van der Waals surface area contributed by atoms with Crippen LogP contribution in [0.2, 0.25) is 10.0 Å². The average Bonchev–Trinajstić information content (AvgIpc) is 2.84. The Morgan fingerprint density at radius 2 is 1.74 bits per heavy atom. The number of carbonyl (C=O) groups excluding carboxylic acids is 1. The second kappa shape index (κ2) is 10.9. The Hall–Kier alpha value is -2.00. The summed E-state index contributed by atoms with van der Waals surface area (Å²) in [4.78, 5) is 18.6. The van der Waals surface area contributed by atoms with Crippen LogP contribution in [0.3, 0.4) is 0 Å². The van der Waals surface area contributed by atoms with Gasteiger partial charge in [-0.3, -0.25) is 9.69 Å². The van der Waals surface area contributed by atoms with Gasteiger partial charge in [-0.15, -0.1) is 0 Å². The number of nitrogens with zero attached hydrogens (tertiary/aromatic N) is 3. The lowest BCUT2D eigenvalue weighted by molar-refractivity contribution is -0.149. The highest BCUT2D eigenvalue weighted by molar-refractivity contribution is 6.42. The highest BCUT2D eigenvalue weighted by Crippen LogP contribution is 2.35. The maximum atomic E-state index is 13.4. The Kier molecular flexibility index (Phi) is 8.16. The second-order valence-corrected chi connectivity index (χ2v) is 9.86. The zero-order valence-electron chi connectivity index (χ0n) is 19.4. The summed E-state index contributed by atoms with van der Waals surface area (Å²) in [5, 5.41) is 0.711. The molecule has 0 bridgehead atoms. The van der Waals surface area contributed by atoms with E-state index in [4.69, 9.17) is 27.9 Å². The van der Waals surface area contributed by atoms with Crippen molar-refractivity contribution < 1.29 is 22.7 Å². The average molecular weight is 530 g/mol. The predicted molar refractivity (Wildman–Crippen MR) is 132 cm³/mol. The standard InChI is InChI=1S/C25H28Cl2F3N3O2/c1-31(24(34)17-2-5-19(6-3-17)33-10-12-35-13-11-33)23-8-9-32(16-25(28,29)30)15-20(23)18-4-7-21(26)22(27)14-18/h2-7,14,20,23H,8-13,15-16H2,1H3/t20-,23+/m0/s1. The molecule has 2 aromatic carbocycles. The lowest BCUT2D eigenvalue weighted by Crippen LogP contribution is -2.52. The van der Waals surface area contributed by atoms with E-state index in [9.17, 15) is 18.0 Å². The molecule has 2 aliphatic heterocycles. The number of hydrogen-bond acceptors (Lipinski definition) is 4. The van der Waals surface area contributed by atoms with Crippen LogP contribution in [0.15, 0.2) is 42.5 Å². The number of ether oxygens (including phenoxy) is 1. The Labute approximate surface area is 213 Å². The number of likely N-dealkylation sites (tertiary alicyclic amines) is 1. The molecule has 2 atom stereocenters. The number of halogens is 5. The normalized spacial score (nSPS) is 21.7. The maximum absolute atomic E-state index is 13.4. The fourth-order valence-corrected chi connectivity index (χ4v) is 5.24. The molecule has 2 heterocycles. The summed E-state index contributed by atoms with van der Waals surface area (Å²) in [7, 11) is 1.72. The highest BCUT2D eigenvalue weighted by atomic mass is 35.5. The Bertz CT molecular complexity index is 1030. The quantitative estimate of drug-likeness (QED) is 0.525. The Balaban J connectivity index is 1.54. The summed E-state index contributed by atoms with van der Waals surface area (Å²) in [6.07, 6.45) is -3.88. The number of benzene rings is 2. The van der Waals surface area contributed by atoms with Crippen LogP contribution < -0.4 is 4.90 Å². The molecule has 2 aromatic rings. The van der Waals surface area contributed by atoms with Gasteiger partial charge in [-0.05, 0) is 48.4 Å². The minimum atomic E-state index is -4.29. The van der Waals surface area contributed by atoms with Gasteiger partial charge >= 0.3 is 6.18 Å². The number of likely N-dealkylation sites (N-methyl/N-ethyl adjacent to an activating group) is 1. The monoisotopic (exact) mass is 529 g/mol. The SMILES string of the molecule is CN(C(=O)c1ccc(N2CCOCC2)cc1)[C@@H]1CCN(CC(F)(F)F)C[C@H]1c1ccc(Cl)c(Cl)c1. The molecule has 1 amide bonds. The molecule has 2 saturated heterocycles. The van der Waals surface area contributed by atoms with Crippen LogP contribution in [0.1, 0.15) is 28.3 Å². The fraction of sp³-hybridized carbons (Fsp3) is 0.480. The largest absolute Gasteiger partial charge is 0.401 e. The first kappa shape index (κ1) is 26.1. The maximum Gasteiger partial charge on any atom is 0.401 e. The molecule has 0 radical (unpaired) electrons. The van der Waals surface area contributed by atoms with Gasteiger partial charge in [0.2, 0.25) is 0 Å². The molecule has 0 N–H and O–H groups in total. The topological polar surface area (TPSA) is 36.0 Å². The Morgan fingerprint density at radius 1 is 1.06 bits per heavy atom. The molecule has 190 valence electrons. The van der Waals surface area contributed by atoms with Crippen LogP contribution in [-0.2, 0) is 4.74 Å². The van der Waals surface area contributed by atoms with Crippen LogP contribution in [0.25, 0.3) is 0 Å². The van der Waals surface area contributed by atoms with Gasteiger partial charge in [0.15, 0.2) is 0 Å². The van der Waals surface area contributed by atoms with Gasteiger partial charge in [-0.1, -0.05) is 29.3 Å². The molecule has 0 spiro atoms. The lowest BCUT2D eigenvalue weighted by atomic mass is 9.84. The van der Waals surface area contributed by atoms with Gasteiger partial charge in [-0.25, -0.2) is 0 Å². The highest BCUT2D eigenvalue weighted by Gasteiger charge is 2.39. The van der Waals surface area contributed by atoms with Crippen molar-refractivity contribution >= 4 is 34.8 Å². The van der Waals surface area contributed by atoms with E-state index >= 15 is 0 Å². The van der Waals surface area contributed by atoms with E-state index < -0.39 is 12.7 Å². The summed E-state index contributed by atoms with van der Waals surface area (Å²) >= 11 is 12.3. The van der Waals surface area contributed by atoms with E-state index in [1.165, 1.54) is 4.90 Å². The third-order valence-electron chi connectivity index (χ3n) is 6.74. The van der Waals surface area contributed by atoms with Gasteiger partial charge in [-0.2, -0.15) is 13.2 Å². The number of piperidine rings is 1. The van der Waals surface area contributed by atoms with Crippen LogP contribution in [0, 0.1) is 0 Å². The minimum absolute atomic E-state index is 0.162. The van der Waals surface area contributed by atoms with Crippen molar-refractivity contribution in [1.29, 1.82) is 0 Å². The van der Waals surface area contributed by atoms with Gasteiger partial charge in [0.05, 0.1) is 29.8 Å². The van der Waals surface area contributed by atoms with Gasteiger partial charge in [0, 0.05) is 56.4 Å². The molecule has 4 rings (SSSR count). The van der Waals surface area contributed by atoms with Crippen molar-refractivity contribution in [2.45, 2.75) is 24.6 Å². The van der Waals surface area contributed by atoms with E-state index in [0.717, 1.165) is 24.3 Å². The fourth-order valence-electron chi connectivity index (χ4n) is 4.93. The molecule has 0 saturated carbocycles. The third-order valence-corrected chi connectivity index (χ3v) is 7.48. The van der Waals surface area contributed by atoms with Crippen molar-refractivity contribution in [3.05, 3.63) is 63.6 Å². The molecular weight excluding hydrogens is 502 g/mol. The van der Waals surface area contributed by atoms with Crippen LogP contribution in [0.5, 0.6) is 0 Å². The first-order valence-electron chi connectivity index (χ1n) is 11.6. The zero-order valence-corrected chi connectivity index (χ0v) is 20.9. The van der Waals surface area contributed by atoms with Crippen LogP contribution in [-0.4, -0.2) is 80.9 Å². The van der Waals surface area contributed by atoms with E-state index in [0.29, 0.717) is 35.2 Å². The van der Waals surface area contributed by atoms with Gasteiger partial charge in [0.1, 0.15) is 0 Å². The number of hydrogen-bond donors (Lipinski definition) is 0. The summed E-state index contributed by atoms with van der Waals surface area (Å²) < 4.78 is 44.7. The minimum Gasteiger partial charge on any atom is -0.378 e. The molecular formula is C25H28Cl2F3N3O2. The smallest absolute Gasteiger partial charge is 0.378 e. The summed E-state index contributed by atoms with van der Waals surface area (Å²) in [5.41, 5.74) is 2.33. The van der Waals surface area contributed by atoms with Crippen molar-refractivity contribution in [2.75, 3.05) is 57.9 Å². The first-order chi connectivity index (χ1) is 16.6. The number of alkyl halides is 3.